The molecule has 3 rings (SSSR count). The van der Waals surface area contributed by atoms with Crippen LogP contribution in [0, 0.1) is 5.92 Å². The van der Waals surface area contributed by atoms with E-state index in [1.807, 2.05) is 12.1 Å². The highest BCUT2D eigenvalue weighted by Gasteiger charge is 2.36. The van der Waals surface area contributed by atoms with Crippen LogP contribution in [0.5, 0.6) is 0 Å². The van der Waals surface area contributed by atoms with Gasteiger partial charge in [-0.05, 0) is 24.6 Å². The highest BCUT2D eigenvalue weighted by molar-refractivity contribution is 5.34. The molecule has 0 unspecified atom stereocenters. The molecule has 1 saturated heterocycles. The maximum absolute atomic E-state index is 12.7. The first-order chi connectivity index (χ1) is 10.9. The number of β-amino-alcohol motifs (C(OH)–C–C–N with tert-alkyl or cyclic N) is 1. The Morgan fingerprint density at radius 3 is 2.65 bits per heavy atom. The van der Waals surface area contributed by atoms with Crippen LogP contribution >= 0.6 is 0 Å². The fraction of sp³-hybridized carbons (Fsp3) is 0.400. The van der Waals surface area contributed by atoms with Gasteiger partial charge in [0.1, 0.15) is 5.69 Å². The Labute approximate surface area is 130 Å². The molecule has 2 aromatic heterocycles. The largest absolute Gasteiger partial charge is 0.433 e. The number of anilines is 1. The van der Waals surface area contributed by atoms with Crippen LogP contribution < -0.4 is 4.90 Å². The summed E-state index contributed by atoms with van der Waals surface area (Å²) in [5.74, 6) is -0.134. The summed E-state index contributed by atoms with van der Waals surface area (Å²) in [7, 11) is 0. The molecule has 0 spiro atoms. The second-order valence-corrected chi connectivity index (χ2v) is 5.50. The number of halogens is 3. The number of hydrogen-bond acceptors (Lipinski definition) is 5. The number of rotatable bonds is 3. The molecule has 0 radical (unpaired) electrons. The third-order valence-electron chi connectivity index (χ3n) is 3.82. The van der Waals surface area contributed by atoms with Crippen LogP contribution in [0.4, 0.5) is 19.1 Å². The molecule has 1 aliphatic heterocycles. The molecular formula is C15H15F3N4O. The van der Waals surface area contributed by atoms with Crippen LogP contribution in [0.1, 0.15) is 11.4 Å². The van der Waals surface area contributed by atoms with Crippen LogP contribution in [0.25, 0.3) is 0 Å². The molecule has 23 heavy (non-hydrogen) atoms. The molecule has 8 heteroatoms. The van der Waals surface area contributed by atoms with Gasteiger partial charge in [-0.1, -0.05) is 6.07 Å². The lowest BCUT2D eigenvalue weighted by atomic mass is 10.00. The SMILES string of the molecule is O[C@@H]1CN(c2nccc(C(F)(F)F)n2)C[C@H]1Cc1ccccn1. The van der Waals surface area contributed by atoms with Gasteiger partial charge < -0.3 is 10.0 Å². The molecule has 1 fully saturated rings. The van der Waals surface area contributed by atoms with Crippen molar-refractivity contribution >= 4 is 5.95 Å². The normalized spacial score (nSPS) is 21.7. The summed E-state index contributed by atoms with van der Waals surface area (Å²) in [6.45, 7) is 0.595. The summed E-state index contributed by atoms with van der Waals surface area (Å²) in [5, 5.41) is 10.2. The number of aliphatic hydroxyl groups excluding tert-OH is 1. The molecule has 0 saturated carbocycles. The predicted molar refractivity (Wildman–Crippen MR) is 76.7 cm³/mol. The molecule has 1 N–H and O–H groups in total. The minimum absolute atomic E-state index is 0.0117. The minimum Gasteiger partial charge on any atom is -0.391 e. The number of aromatic nitrogens is 3. The number of alkyl halides is 3. The quantitative estimate of drug-likeness (QED) is 0.935. The van der Waals surface area contributed by atoms with Crippen LogP contribution in [0.15, 0.2) is 36.7 Å². The maximum Gasteiger partial charge on any atom is 0.433 e. The van der Waals surface area contributed by atoms with Gasteiger partial charge in [-0.15, -0.1) is 0 Å². The van der Waals surface area contributed by atoms with Gasteiger partial charge in [0.2, 0.25) is 5.95 Å². The van der Waals surface area contributed by atoms with E-state index >= 15 is 0 Å². The van der Waals surface area contributed by atoms with E-state index in [2.05, 4.69) is 15.0 Å². The molecule has 2 atom stereocenters. The molecule has 0 amide bonds. The van der Waals surface area contributed by atoms with Crippen molar-refractivity contribution in [2.75, 3.05) is 18.0 Å². The zero-order valence-electron chi connectivity index (χ0n) is 12.1. The Morgan fingerprint density at radius 1 is 1.13 bits per heavy atom. The van der Waals surface area contributed by atoms with Crippen molar-refractivity contribution in [1.82, 2.24) is 15.0 Å². The van der Waals surface area contributed by atoms with Crippen molar-refractivity contribution < 1.29 is 18.3 Å². The molecule has 0 bridgehead atoms. The van der Waals surface area contributed by atoms with Crippen LogP contribution in [-0.2, 0) is 12.6 Å². The van der Waals surface area contributed by atoms with Gasteiger partial charge in [0.05, 0.1) is 6.10 Å². The number of nitrogens with zero attached hydrogens (tertiary/aromatic N) is 4. The lowest BCUT2D eigenvalue weighted by Gasteiger charge is -2.17. The van der Waals surface area contributed by atoms with Crippen molar-refractivity contribution in [3.05, 3.63) is 48.0 Å². The highest BCUT2D eigenvalue weighted by atomic mass is 19.4. The molecule has 5 nitrogen and oxygen atoms in total. The maximum atomic E-state index is 12.7. The van der Waals surface area contributed by atoms with E-state index in [4.69, 9.17) is 0 Å². The first kappa shape index (κ1) is 15.7. The van der Waals surface area contributed by atoms with Crippen molar-refractivity contribution in [3.63, 3.8) is 0 Å². The average Bonchev–Trinajstić information content (AvgIpc) is 2.89. The Kier molecular flexibility index (Phi) is 4.16. The van der Waals surface area contributed by atoms with E-state index in [9.17, 15) is 18.3 Å². The van der Waals surface area contributed by atoms with Gasteiger partial charge in [-0.2, -0.15) is 13.2 Å². The Hall–Kier alpha value is -2.22. The van der Waals surface area contributed by atoms with Gasteiger partial charge in [0, 0.05) is 37.1 Å². The van der Waals surface area contributed by atoms with E-state index in [1.54, 1.807) is 17.2 Å². The van der Waals surface area contributed by atoms with E-state index in [0.29, 0.717) is 13.0 Å². The molecule has 0 aliphatic carbocycles. The van der Waals surface area contributed by atoms with E-state index < -0.39 is 18.0 Å². The van der Waals surface area contributed by atoms with Crippen LogP contribution in [-0.4, -0.2) is 39.3 Å². The average molecular weight is 324 g/mol. The number of aliphatic hydroxyl groups is 1. The van der Waals surface area contributed by atoms with E-state index in [1.165, 1.54) is 0 Å². The summed E-state index contributed by atoms with van der Waals surface area (Å²) < 4.78 is 38.2. The van der Waals surface area contributed by atoms with Crippen LogP contribution in [0.3, 0.4) is 0 Å². The van der Waals surface area contributed by atoms with E-state index in [0.717, 1.165) is 18.0 Å². The molecule has 1 aliphatic rings. The number of pyridine rings is 1. The molecule has 2 aromatic rings. The molecule has 122 valence electrons. The van der Waals surface area contributed by atoms with Crippen molar-refractivity contribution in [3.8, 4) is 0 Å². The standard InChI is InChI=1S/C15H15F3N4O/c16-15(17,18)13-4-6-20-14(21-13)22-8-10(12(23)9-22)7-11-3-1-2-5-19-11/h1-6,10,12,23H,7-9H2/t10-,12-/m1/s1. The third-order valence-corrected chi connectivity index (χ3v) is 3.82. The lowest BCUT2D eigenvalue weighted by Crippen LogP contribution is -2.24. The van der Waals surface area contributed by atoms with E-state index in [-0.39, 0.29) is 18.4 Å². The number of hydrogen-bond donors (Lipinski definition) is 1. The van der Waals surface area contributed by atoms with Gasteiger partial charge in [-0.25, -0.2) is 9.97 Å². The highest BCUT2D eigenvalue weighted by Crippen LogP contribution is 2.29. The van der Waals surface area contributed by atoms with Crippen molar-refractivity contribution in [2.45, 2.75) is 18.7 Å². The summed E-state index contributed by atoms with van der Waals surface area (Å²) in [6, 6.07) is 6.35. The zero-order chi connectivity index (χ0) is 16.4. The zero-order valence-corrected chi connectivity index (χ0v) is 12.1. The minimum atomic E-state index is -4.51. The molecule has 0 aromatic carbocycles. The second kappa shape index (κ2) is 6.11. The van der Waals surface area contributed by atoms with Crippen LogP contribution in [0.2, 0.25) is 0 Å². The van der Waals surface area contributed by atoms with Gasteiger partial charge in [-0.3, -0.25) is 4.98 Å². The Bertz CT molecular complexity index is 665. The summed E-state index contributed by atoms with van der Waals surface area (Å²) in [6.07, 6.45) is -1.86. The van der Waals surface area contributed by atoms with Gasteiger partial charge in [0.15, 0.2) is 0 Å². The summed E-state index contributed by atoms with van der Waals surface area (Å²) in [5.41, 5.74) is -0.145. The third kappa shape index (κ3) is 3.58. The Morgan fingerprint density at radius 2 is 1.96 bits per heavy atom. The second-order valence-electron chi connectivity index (χ2n) is 5.50. The topological polar surface area (TPSA) is 62.1 Å². The fourth-order valence-corrected chi connectivity index (χ4v) is 2.66. The lowest BCUT2D eigenvalue weighted by molar-refractivity contribution is -0.141. The van der Waals surface area contributed by atoms with Crippen molar-refractivity contribution in [1.29, 1.82) is 0 Å². The first-order valence-electron chi connectivity index (χ1n) is 7.16. The van der Waals surface area contributed by atoms with Gasteiger partial charge in [0.25, 0.3) is 0 Å². The van der Waals surface area contributed by atoms with Crippen molar-refractivity contribution in [2.24, 2.45) is 5.92 Å². The monoisotopic (exact) mass is 324 g/mol. The molecule has 3 heterocycles. The predicted octanol–water partition coefficient (Wildman–Crippen LogP) is 1.93. The van der Waals surface area contributed by atoms with Gasteiger partial charge >= 0.3 is 6.18 Å². The fourth-order valence-electron chi connectivity index (χ4n) is 2.66. The smallest absolute Gasteiger partial charge is 0.391 e. The summed E-state index contributed by atoms with van der Waals surface area (Å²) >= 11 is 0. The molecular weight excluding hydrogens is 309 g/mol. The Balaban J connectivity index is 1.73. The first-order valence-corrected chi connectivity index (χ1v) is 7.16. The summed E-state index contributed by atoms with van der Waals surface area (Å²) in [4.78, 5) is 13.3.